The summed E-state index contributed by atoms with van der Waals surface area (Å²) in [6.45, 7) is 2.24. The van der Waals surface area contributed by atoms with E-state index >= 15 is 0 Å². The molecule has 2 fully saturated rings. The number of carbonyl (C=O) groups excluding carboxylic acids is 1. The van der Waals surface area contributed by atoms with E-state index in [1.165, 1.54) is 15.5 Å². The third-order valence-corrected chi connectivity index (χ3v) is 9.63. The molecule has 1 amide bonds. The molecular formula is C21H26N2O6S2. The maximum Gasteiger partial charge on any atom is 0.243 e. The number of amides is 1. The maximum atomic E-state index is 13.6. The van der Waals surface area contributed by atoms with Crippen LogP contribution in [0.25, 0.3) is 0 Å². The summed E-state index contributed by atoms with van der Waals surface area (Å²) < 4.78 is 57.3. The Labute approximate surface area is 182 Å². The predicted molar refractivity (Wildman–Crippen MR) is 114 cm³/mol. The standard InChI is InChI=1S/C21H26N2O6S2/c1-16-6-8-19(9-7-16)31(27,28)23-11-2-5-20(23)21(24)22(14-18-4-3-12-29-18)17-10-13-30(25,26)15-17/h3-4,6-9,12,17,20H,2,5,10-11,13-15H2,1H3/t17-,20-/m0/s1. The first-order valence-corrected chi connectivity index (χ1v) is 13.6. The smallest absolute Gasteiger partial charge is 0.243 e. The molecule has 2 aliphatic rings. The summed E-state index contributed by atoms with van der Waals surface area (Å²) in [5.41, 5.74) is 0.945. The number of benzene rings is 1. The molecule has 0 N–H and O–H groups in total. The minimum absolute atomic E-state index is 0.0235. The van der Waals surface area contributed by atoms with E-state index in [0.29, 0.717) is 25.0 Å². The Balaban J connectivity index is 1.63. The molecule has 2 aromatic rings. The summed E-state index contributed by atoms with van der Waals surface area (Å²) in [6.07, 6.45) is 2.80. The molecule has 0 saturated carbocycles. The number of sulfonamides is 1. The Morgan fingerprint density at radius 3 is 2.55 bits per heavy atom. The Hall–Kier alpha value is -2.17. The minimum Gasteiger partial charge on any atom is -0.467 e. The monoisotopic (exact) mass is 466 g/mol. The van der Waals surface area contributed by atoms with E-state index in [2.05, 4.69) is 0 Å². The van der Waals surface area contributed by atoms with Crippen LogP contribution in [0.15, 0.2) is 52.0 Å². The van der Waals surface area contributed by atoms with E-state index in [1.807, 2.05) is 6.92 Å². The highest BCUT2D eigenvalue weighted by Crippen LogP contribution is 2.30. The van der Waals surface area contributed by atoms with Crippen molar-refractivity contribution in [3.63, 3.8) is 0 Å². The second-order valence-corrected chi connectivity index (χ2v) is 12.3. The first-order chi connectivity index (χ1) is 14.7. The van der Waals surface area contributed by atoms with Crippen LogP contribution in [-0.4, -0.2) is 62.1 Å². The fourth-order valence-corrected chi connectivity index (χ4v) is 7.67. The molecule has 2 aliphatic heterocycles. The highest BCUT2D eigenvalue weighted by atomic mass is 32.2. The Kier molecular flexibility index (Phi) is 5.97. The van der Waals surface area contributed by atoms with Gasteiger partial charge in [0.1, 0.15) is 11.8 Å². The van der Waals surface area contributed by atoms with Crippen LogP contribution < -0.4 is 0 Å². The first kappa shape index (κ1) is 22.0. The number of hydrogen-bond acceptors (Lipinski definition) is 6. The van der Waals surface area contributed by atoms with Crippen molar-refractivity contribution >= 4 is 25.8 Å². The molecule has 0 radical (unpaired) electrons. The second kappa shape index (κ2) is 8.40. The van der Waals surface area contributed by atoms with Crippen LogP contribution in [0.3, 0.4) is 0 Å². The van der Waals surface area contributed by atoms with Gasteiger partial charge in [-0.25, -0.2) is 16.8 Å². The Morgan fingerprint density at radius 2 is 1.94 bits per heavy atom. The highest BCUT2D eigenvalue weighted by molar-refractivity contribution is 7.91. The van der Waals surface area contributed by atoms with Gasteiger partial charge in [0.2, 0.25) is 15.9 Å². The largest absolute Gasteiger partial charge is 0.467 e. The van der Waals surface area contributed by atoms with Gasteiger partial charge < -0.3 is 9.32 Å². The summed E-state index contributed by atoms with van der Waals surface area (Å²) in [5.74, 6) is 0.0715. The molecule has 31 heavy (non-hydrogen) atoms. The topological polar surface area (TPSA) is 105 Å². The van der Waals surface area contributed by atoms with Crippen molar-refractivity contribution < 1.29 is 26.0 Å². The molecule has 0 aliphatic carbocycles. The lowest BCUT2D eigenvalue weighted by Gasteiger charge is -2.33. The lowest BCUT2D eigenvalue weighted by molar-refractivity contribution is -0.137. The van der Waals surface area contributed by atoms with Crippen LogP contribution in [0, 0.1) is 6.92 Å². The number of aryl methyl sites for hydroxylation is 1. The number of sulfone groups is 1. The van der Waals surface area contributed by atoms with Gasteiger partial charge in [-0.3, -0.25) is 4.79 Å². The van der Waals surface area contributed by atoms with Crippen LogP contribution in [0.1, 0.15) is 30.6 Å². The van der Waals surface area contributed by atoms with Crippen molar-refractivity contribution in [3.05, 3.63) is 54.0 Å². The molecule has 4 rings (SSSR count). The van der Waals surface area contributed by atoms with Crippen LogP contribution in [0.4, 0.5) is 0 Å². The minimum atomic E-state index is -3.85. The summed E-state index contributed by atoms with van der Waals surface area (Å²) in [7, 11) is -7.07. The number of rotatable bonds is 6. The molecule has 1 aromatic carbocycles. The van der Waals surface area contributed by atoms with Gasteiger partial charge in [0.15, 0.2) is 9.84 Å². The number of furan rings is 1. The zero-order valence-electron chi connectivity index (χ0n) is 17.3. The number of carbonyl (C=O) groups is 1. The summed E-state index contributed by atoms with van der Waals surface area (Å²) in [5, 5.41) is 0. The quantitative estimate of drug-likeness (QED) is 0.644. The highest BCUT2D eigenvalue weighted by Gasteiger charge is 2.44. The van der Waals surface area contributed by atoms with Crippen LogP contribution >= 0.6 is 0 Å². The molecule has 0 bridgehead atoms. The van der Waals surface area contributed by atoms with E-state index in [4.69, 9.17) is 4.42 Å². The molecule has 0 spiro atoms. The maximum absolute atomic E-state index is 13.6. The third-order valence-electron chi connectivity index (χ3n) is 5.95. The first-order valence-electron chi connectivity index (χ1n) is 10.3. The molecule has 0 unspecified atom stereocenters. The number of nitrogens with zero attached hydrogens (tertiary/aromatic N) is 2. The van der Waals surface area contributed by atoms with Crippen molar-refractivity contribution in [2.24, 2.45) is 0 Å². The molecular weight excluding hydrogens is 440 g/mol. The zero-order chi connectivity index (χ0) is 22.2. The molecule has 8 nitrogen and oxygen atoms in total. The SMILES string of the molecule is Cc1ccc(S(=O)(=O)N2CCC[C@H]2C(=O)N(Cc2ccco2)[C@H]2CCS(=O)(=O)C2)cc1. The van der Waals surface area contributed by atoms with Gasteiger partial charge in [-0.2, -0.15) is 4.31 Å². The molecule has 3 heterocycles. The van der Waals surface area contributed by atoms with Crippen LogP contribution in [0.2, 0.25) is 0 Å². The fraction of sp³-hybridized carbons (Fsp3) is 0.476. The van der Waals surface area contributed by atoms with Crippen LogP contribution in [0.5, 0.6) is 0 Å². The predicted octanol–water partition coefficient (Wildman–Crippen LogP) is 1.96. The number of hydrogen-bond donors (Lipinski definition) is 0. The van der Waals surface area contributed by atoms with E-state index in [1.54, 1.807) is 36.4 Å². The summed E-state index contributed by atoms with van der Waals surface area (Å²) in [4.78, 5) is 15.2. The zero-order valence-corrected chi connectivity index (χ0v) is 18.9. The van der Waals surface area contributed by atoms with Gasteiger partial charge in [-0.15, -0.1) is 0 Å². The van der Waals surface area contributed by atoms with Crippen LogP contribution in [-0.2, 0) is 31.2 Å². The lowest BCUT2D eigenvalue weighted by Crippen LogP contribution is -2.51. The van der Waals surface area contributed by atoms with Gasteiger partial charge in [-0.05, 0) is 50.5 Å². The fourth-order valence-electron chi connectivity index (χ4n) is 4.29. The van der Waals surface area contributed by atoms with Gasteiger partial charge in [0, 0.05) is 12.6 Å². The summed E-state index contributed by atoms with van der Waals surface area (Å²) in [6, 6.07) is 8.63. The van der Waals surface area contributed by atoms with Gasteiger partial charge in [0.05, 0.1) is 29.2 Å². The summed E-state index contributed by atoms with van der Waals surface area (Å²) >= 11 is 0. The Bertz CT molecular complexity index is 1140. The molecule has 168 valence electrons. The molecule has 2 atom stereocenters. The third kappa shape index (κ3) is 4.56. The molecule has 10 heteroatoms. The van der Waals surface area contributed by atoms with Crippen molar-refractivity contribution in [1.82, 2.24) is 9.21 Å². The average molecular weight is 467 g/mol. The van der Waals surface area contributed by atoms with Gasteiger partial charge in [0.25, 0.3) is 0 Å². The average Bonchev–Trinajstić information content (AvgIpc) is 3.47. The second-order valence-electron chi connectivity index (χ2n) is 8.19. The van der Waals surface area contributed by atoms with E-state index in [-0.39, 0.29) is 35.4 Å². The molecule has 1 aromatic heterocycles. The van der Waals surface area contributed by atoms with Gasteiger partial charge in [-0.1, -0.05) is 17.7 Å². The van der Waals surface area contributed by atoms with Crippen molar-refractivity contribution in [2.75, 3.05) is 18.1 Å². The Morgan fingerprint density at radius 1 is 1.19 bits per heavy atom. The van der Waals surface area contributed by atoms with Crippen molar-refractivity contribution in [3.8, 4) is 0 Å². The lowest BCUT2D eigenvalue weighted by atomic mass is 10.1. The normalized spacial score (nSPS) is 23.8. The van der Waals surface area contributed by atoms with Crippen molar-refractivity contribution in [2.45, 2.75) is 49.7 Å². The van der Waals surface area contributed by atoms with E-state index in [0.717, 1.165) is 5.56 Å². The molecule has 2 saturated heterocycles. The van der Waals surface area contributed by atoms with E-state index in [9.17, 15) is 21.6 Å². The van der Waals surface area contributed by atoms with Gasteiger partial charge >= 0.3 is 0 Å². The van der Waals surface area contributed by atoms with Crippen molar-refractivity contribution in [1.29, 1.82) is 0 Å². The van der Waals surface area contributed by atoms with E-state index < -0.39 is 31.9 Å².